The summed E-state index contributed by atoms with van der Waals surface area (Å²) in [6, 6.07) is 4.92. The minimum Gasteiger partial charge on any atom is -0.371 e. The highest BCUT2D eigenvalue weighted by Gasteiger charge is 2.29. The number of aryl methyl sites for hydroxylation is 1. The smallest absolute Gasteiger partial charge is 0.371 e. The van der Waals surface area contributed by atoms with Gasteiger partial charge in [-0.2, -0.15) is 13.2 Å². The van der Waals surface area contributed by atoms with Crippen molar-refractivity contribution in [3.63, 3.8) is 0 Å². The first-order valence-electron chi connectivity index (χ1n) is 7.15. The molecule has 5 heteroatoms. The topological polar surface area (TPSA) is 26.3 Å². The minimum absolute atomic E-state index is 0.0222. The number of ether oxygens (including phenoxy) is 1. The normalized spacial score (nSPS) is 13.2. The number of alkyl halides is 3. The van der Waals surface area contributed by atoms with Crippen molar-refractivity contribution in [2.75, 3.05) is 6.61 Å². The third-order valence-corrected chi connectivity index (χ3v) is 3.26. The van der Waals surface area contributed by atoms with E-state index in [1.807, 2.05) is 6.92 Å². The van der Waals surface area contributed by atoms with Crippen molar-refractivity contribution < 1.29 is 22.7 Å². The zero-order valence-corrected chi connectivity index (χ0v) is 12.4. The number of halogens is 3. The Morgan fingerprint density at radius 3 is 2.38 bits per heavy atom. The van der Waals surface area contributed by atoms with E-state index in [-0.39, 0.29) is 12.2 Å². The summed E-state index contributed by atoms with van der Waals surface area (Å²) in [5.41, 5.74) is 0.0472. The third-order valence-electron chi connectivity index (χ3n) is 3.26. The summed E-state index contributed by atoms with van der Waals surface area (Å²) in [4.78, 5) is 11.8. The van der Waals surface area contributed by atoms with E-state index in [4.69, 9.17) is 4.74 Å². The number of carbonyl (C=O) groups excluding carboxylic acids is 1. The summed E-state index contributed by atoms with van der Waals surface area (Å²) in [5, 5.41) is 0. The number of rotatable bonds is 8. The first-order valence-corrected chi connectivity index (χ1v) is 7.15. The molecule has 0 radical (unpaired) electrons. The van der Waals surface area contributed by atoms with E-state index in [9.17, 15) is 18.0 Å². The molecule has 0 aromatic heterocycles. The van der Waals surface area contributed by atoms with Gasteiger partial charge >= 0.3 is 6.18 Å². The lowest BCUT2D eigenvalue weighted by Gasteiger charge is -2.12. The van der Waals surface area contributed by atoms with Crippen LogP contribution in [0.3, 0.4) is 0 Å². The first kappa shape index (κ1) is 17.7. The summed E-state index contributed by atoms with van der Waals surface area (Å²) in [6.45, 7) is 4.31. The lowest BCUT2D eigenvalue weighted by atomic mass is 10.0. The van der Waals surface area contributed by atoms with Gasteiger partial charge in [0.1, 0.15) is 6.10 Å². The Balaban J connectivity index is 2.42. The standard InChI is InChI=1S/C16H21F3O2/c1-3-4-11-21-12(2)15(20)10-7-13-5-8-14(9-6-13)16(17,18)19/h5-6,8-9,12H,3-4,7,10-11H2,1-2H3. The summed E-state index contributed by atoms with van der Waals surface area (Å²) >= 11 is 0. The molecule has 0 amide bonds. The summed E-state index contributed by atoms with van der Waals surface area (Å²) in [7, 11) is 0. The predicted octanol–water partition coefficient (Wildman–Crippen LogP) is 4.41. The number of benzene rings is 1. The SMILES string of the molecule is CCCCOC(C)C(=O)CCc1ccc(C(F)(F)F)cc1. The molecule has 21 heavy (non-hydrogen) atoms. The number of Topliss-reactive ketones (excluding diaryl/α,β-unsaturated/α-hetero) is 1. The Labute approximate surface area is 123 Å². The van der Waals surface area contributed by atoms with Crippen molar-refractivity contribution in [2.45, 2.75) is 51.8 Å². The Bertz CT molecular complexity index is 438. The zero-order valence-electron chi connectivity index (χ0n) is 12.4. The van der Waals surface area contributed by atoms with Crippen LogP contribution in [0.25, 0.3) is 0 Å². The molecule has 1 atom stereocenters. The molecule has 1 aromatic carbocycles. The van der Waals surface area contributed by atoms with E-state index in [0.717, 1.165) is 30.5 Å². The molecule has 2 nitrogen and oxygen atoms in total. The third kappa shape index (κ3) is 6.29. The maximum atomic E-state index is 12.4. The van der Waals surface area contributed by atoms with E-state index >= 15 is 0 Å². The monoisotopic (exact) mass is 302 g/mol. The maximum absolute atomic E-state index is 12.4. The number of hydrogen-bond donors (Lipinski definition) is 0. The molecule has 0 aliphatic rings. The van der Waals surface area contributed by atoms with E-state index in [2.05, 4.69) is 0 Å². The van der Waals surface area contributed by atoms with Gasteiger partial charge in [-0.3, -0.25) is 4.79 Å². The molecule has 1 rings (SSSR count). The molecule has 0 aliphatic carbocycles. The van der Waals surface area contributed by atoms with Crippen molar-refractivity contribution in [3.05, 3.63) is 35.4 Å². The van der Waals surface area contributed by atoms with Crippen LogP contribution in [0.4, 0.5) is 13.2 Å². The molecule has 0 heterocycles. The van der Waals surface area contributed by atoms with Crippen LogP contribution in [0.5, 0.6) is 0 Å². The van der Waals surface area contributed by atoms with Crippen LogP contribution in [0.2, 0.25) is 0 Å². The van der Waals surface area contributed by atoms with Crippen LogP contribution in [-0.4, -0.2) is 18.5 Å². The lowest BCUT2D eigenvalue weighted by Crippen LogP contribution is -2.21. The highest BCUT2D eigenvalue weighted by atomic mass is 19.4. The second kappa shape index (κ2) is 8.17. The van der Waals surface area contributed by atoms with Crippen molar-refractivity contribution >= 4 is 5.78 Å². The fourth-order valence-corrected chi connectivity index (χ4v) is 1.83. The average molecular weight is 302 g/mol. The minimum atomic E-state index is -4.32. The molecule has 0 bridgehead atoms. The largest absolute Gasteiger partial charge is 0.416 e. The quantitative estimate of drug-likeness (QED) is 0.665. The lowest BCUT2D eigenvalue weighted by molar-refractivity contribution is -0.137. The van der Waals surface area contributed by atoms with E-state index in [1.165, 1.54) is 12.1 Å². The molecular formula is C16H21F3O2. The fraction of sp³-hybridized carbons (Fsp3) is 0.562. The number of unbranched alkanes of at least 4 members (excludes halogenated alkanes) is 1. The second-order valence-electron chi connectivity index (χ2n) is 5.03. The van der Waals surface area contributed by atoms with Crippen LogP contribution in [0, 0.1) is 0 Å². The van der Waals surface area contributed by atoms with E-state index in [1.54, 1.807) is 6.92 Å². The van der Waals surface area contributed by atoms with Crippen LogP contribution in [0.15, 0.2) is 24.3 Å². The van der Waals surface area contributed by atoms with Crippen LogP contribution < -0.4 is 0 Å². The van der Waals surface area contributed by atoms with Gasteiger partial charge in [0, 0.05) is 13.0 Å². The van der Waals surface area contributed by atoms with Gasteiger partial charge in [0.05, 0.1) is 5.56 Å². The van der Waals surface area contributed by atoms with Crippen molar-refractivity contribution in [3.8, 4) is 0 Å². The van der Waals surface area contributed by atoms with Gasteiger partial charge in [0.25, 0.3) is 0 Å². The van der Waals surface area contributed by atoms with Crippen molar-refractivity contribution in [1.82, 2.24) is 0 Å². The summed E-state index contributed by atoms with van der Waals surface area (Å²) in [5.74, 6) is -0.0222. The number of hydrogen-bond acceptors (Lipinski definition) is 2. The fourth-order valence-electron chi connectivity index (χ4n) is 1.83. The van der Waals surface area contributed by atoms with Gasteiger partial charge in [-0.05, 0) is 37.5 Å². The first-order chi connectivity index (χ1) is 9.84. The Kier molecular flexibility index (Phi) is 6.89. The van der Waals surface area contributed by atoms with Gasteiger partial charge in [-0.25, -0.2) is 0 Å². The summed E-state index contributed by atoms with van der Waals surface area (Å²) < 4.78 is 42.6. The number of carbonyl (C=O) groups is 1. The number of ketones is 1. The molecule has 1 aromatic rings. The van der Waals surface area contributed by atoms with Crippen LogP contribution in [-0.2, 0) is 22.1 Å². The highest BCUT2D eigenvalue weighted by Crippen LogP contribution is 2.29. The van der Waals surface area contributed by atoms with E-state index in [0.29, 0.717) is 13.0 Å². The van der Waals surface area contributed by atoms with Gasteiger partial charge < -0.3 is 4.74 Å². The predicted molar refractivity (Wildman–Crippen MR) is 75.1 cm³/mol. The zero-order chi connectivity index (χ0) is 15.9. The molecule has 0 spiro atoms. The Morgan fingerprint density at radius 1 is 1.24 bits per heavy atom. The maximum Gasteiger partial charge on any atom is 0.416 e. The molecule has 118 valence electrons. The highest BCUT2D eigenvalue weighted by molar-refractivity contribution is 5.82. The Morgan fingerprint density at radius 2 is 1.86 bits per heavy atom. The van der Waals surface area contributed by atoms with Crippen molar-refractivity contribution in [2.24, 2.45) is 0 Å². The molecular weight excluding hydrogens is 281 g/mol. The molecule has 0 aliphatic heterocycles. The van der Waals surface area contributed by atoms with Gasteiger partial charge in [0.15, 0.2) is 5.78 Å². The van der Waals surface area contributed by atoms with E-state index < -0.39 is 17.8 Å². The van der Waals surface area contributed by atoms with Gasteiger partial charge in [0.2, 0.25) is 0 Å². The molecule has 0 N–H and O–H groups in total. The van der Waals surface area contributed by atoms with Gasteiger partial charge in [-0.15, -0.1) is 0 Å². The van der Waals surface area contributed by atoms with Crippen molar-refractivity contribution in [1.29, 1.82) is 0 Å². The molecule has 0 saturated heterocycles. The van der Waals surface area contributed by atoms with Crippen LogP contribution >= 0.6 is 0 Å². The molecule has 0 saturated carbocycles. The summed E-state index contributed by atoms with van der Waals surface area (Å²) in [6.07, 6.45) is -2.15. The second-order valence-corrected chi connectivity index (χ2v) is 5.03. The van der Waals surface area contributed by atoms with Gasteiger partial charge in [-0.1, -0.05) is 25.5 Å². The molecule has 0 fully saturated rings. The Hall–Kier alpha value is -1.36. The molecule has 1 unspecified atom stereocenters. The average Bonchev–Trinajstić information content (AvgIpc) is 2.44. The van der Waals surface area contributed by atoms with Crippen LogP contribution in [0.1, 0.15) is 44.2 Å².